The molecule has 156 valence electrons. The number of benzene rings is 1. The van der Waals surface area contributed by atoms with E-state index in [1.54, 1.807) is 0 Å². The summed E-state index contributed by atoms with van der Waals surface area (Å²) in [6.45, 7) is 14.5. The first kappa shape index (κ1) is 22.8. The number of likely N-dealkylation sites (tertiary alicyclic amines) is 1. The molecule has 28 heavy (non-hydrogen) atoms. The Hall–Kier alpha value is -1.51. The molecule has 0 unspecified atom stereocenters. The molecule has 1 saturated heterocycles. The lowest BCUT2D eigenvalue weighted by atomic mass is 9.65. The van der Waals surface area contributed by atoms with Crippen LogP contribution in [0.25, 0.3) is 0 Å². The number of halogens is 1. The van der Waals surface area contributed by atoms with Gasteiger partial charge in [-0.2, -0.15) is 0 Å². The molecule has 7 heteroatoms. The number of fused-ring (bicyclic) bond motifs is 1. The summed E-state index contributed by atoms with van der Waals surface area (Å²) in [6, 6.07) is 7.70. The number of anilines is 1. The molecular formula is C21H33IN4O2. The highest BCUT2D eigenvalue weighted by Gasteiger charge is 2.53. The van der Waals surface area contributed by atoms with Gasteiger partial charge < -0.3 is 19.9 Å². The Morgan fingerprint density at radius 3 is 2.61 bits per heavy atom. The largest absolute Gasteiger partial charge is 0.482 e. The van der Waals surface area contributed by atoms with Crippen LogP contribution in [-0.4, -0.2) is 55.1 Å². The predicted octanol–water partition coefficient (Wildman–Crippen LogP) is 3.51. The monoisotopic (exact) mass is 500 g/mol. The predicted molar refractivity (Wildman–Crippen MR) is 125 cm³/mol. The van der Waals surface area contributed by atoms with E-state index in [9.17, 15) is 4.79 Å². The van der Waals surface area contributed by atoms with Crippen molar-refractivity contribution in [2.75, 3.05) is 37.7 Å². The summed E-state index contributed by atoms with van der Waals surface area (Å²) in [4.78, 5) is 21.2. The third-order valence-electron chi connectivity index (χ3n) is 6.08. The van der Waals surface area contributed by atoms with Crippen molar-refractivity contribution in [3.63, 3.8) is 0 Å². The topological polar surface area (TPSA) is 57.2 Å². The normalized spacial score (nSPS) is 19.9. The maximum absolute atomic E-state index is 12.3. The minimum atomic E-state index is 0. The molecule has 1 aromatic carbocycles. The van der Waals surface area contributed by atoms with Crippen LogP contribution in [-0.2, 0) is 4.79 Å². The number of nitrogens with zero attached hydrogens (tertiary/aromatic N) is 3. The molecule has 2 heterocycles. The number of carbonyl (C=O) groups is 1. The van der Waals surface area contributed by atoms with E-state index >= 15 is 0 Å². The maximum Gasteiger partial charge on any atom is 0.265 e. The van der Waals surface area contributed by atoms with Gasteiger partial charge in [-0.05, 0) is 39.3 Å². The van der Waals surface area contributed by atoms with Gasteiger partial charge >= 0.3 is 0 Å². The van der Waals surface area contributed by atoms with Crippen LogP contribution in [0.1, 0.15) is 41.0 Å². The number of hydrogen-bond donors (Lipinski definition) is 1. The average Bonchev–Trinajstić information content (AvgIpc) is 2.64. The Kier molecular flexibility index (Phi) is 7.22. The number of para-hydroxylation sites is 2. The molecule has 1 aromatic rings. The number of nitrogens with one attached hydrogen (secondary N) is 1. The summed E-state index contributed by atoms with van der Waals surface area (Å²) in [7, 11) is 0. The van der Waals surface area contributed by atoms with Crippen LogP contribution < -0.4 is 15.0 Å². The van der Waals surface area contributed by atoms with Crippen molar-refractivity contribution in [3.05, 3.63) is 24.3 Å². The first-order valence-corrected chi connectivity index (χ1v) is 9.86. The van der Waals surface area contributed by atoms with Crippen molar-refractivity contribution in [2.45, 2.75) is 46.6 Å². The van der Waals surface area contributed by atoms with Gasteiger partial charge in [0, 0.05) is 37.1 Å². The molecule has 0 radical (unpaired) electrons. The third-order valence-corrected chi connectivity index (χ3v) is 6.08. The highest BCUT2D eigenvalue weighted by atomic mass is 127. The molecule has 0 aliphatic carbocycles. The Morgan fingerprint density at radius 2 is 1.96 bits per heavy atom. The van der Waals surface area contributed by atoms with Gasteiger partial charge in [0.2, 0.25) is 0 Å². The van der Waals surface area contributed by atoms with E-state index in [0.717, 1.165) is 36.9 Å². The number of guanidine groups is 1. The second-order valence-corrected chi connectivity index (χ2v) is 8.42. The molecule has 1 amide bonds. The van der Waals surface area contributed by atoms with E-state index in [-0.39, 0.29) is 47.4 Å². The zero-order chi connectivity index (χ0) is 19.7. The molecule has 0 aromatic heterocycles. The number of aliphatic imine (C=N–C) groups is 1. The summed E-state index contributed by atoms with van der Waals surface area (Å²) in [5.41, 5.74) is 1.20. The van der Waals surface area contributed by atoms with Gasteiger partial charge in [-0.1, -0.05) is 26.0 Å². The SMILES string of the molecule is CCNC(=NCCCN1C(=O)COc2ccccc21)N1CC(C)(C)C1(C)C.I. The Bertz CT molecular complexity index is 733. The van der Waals surface area contributed by atoms with Gasteiger partial charge in [0.25, 0.3) is 5.91 Å². The third kappa shape index (κ3) is 4.23. The molecule has 0 bridgehead atoms. The van der Waals surface area contributed by atoms with Crippen LogP contribution in [0.2, 0.25) is 0 Å². The van der Waals surface area contributed by atoms with Gasteiger partial charge in [0.15, 0.2) is 12.6 Å². The first-order valence-electron chi connectivity index (χ1n) is 9.86. The lowest BCUT2D eigenvalue weighted by Gasteiger charge is -2.62. The van der Waals surface area contributed by atoms with Gasteiger partial charge in [-0.25, -0.2) is 0 Å². The van der Waals surface area contributed by atoms with E-state index in [0.29, 0.717) is 13.1 Å². The summed E-state index contributed by atoms with van der Waals surface area (Å²) in [6.07, 6.45) is 0.812. The van der Waals surface area contributed by atoms with E-state index in [1.165, 1.54) is 0 Å². The van der Waals surface area contributed by atoms with E-state index in [4.69, 9.17) is 9.73 Å². The van der Waals surface area contributed by atoms with Gasteiger partial charge in [0.05, 0.1) is 5.69 Å². The summed E-state index contributed by atoms with van der Waals surface area (Å²) in [5, 5.41) is 3.42. The Labute approximate surface area is 185 Å². The Morgan fingerprint density at radius 1 is 1.25 bits per heavy atom. The zero-order valence-corrected chi connectivity index (χ0v) is 19.9. The van der Waals surface area contributed by atoms with Gasteiger partial charge in [0.1, 0.15) is 5.75 Å². The highest BCUT2D eigenvalue weighted by Crippen LogP contribution is 2.46. The maximum atomic E-state index is 12.3. The molecule has 6 nitrogen and oxygen atoms in total. The molecule has 1 N–H and O–H groups in total. The van der Waals surface area contributed by atoms with Crippen molar-refractivity contribution in [1.29, 1.82) is 0 Å². The number of amides is 1. The molecule has 3 rings (SSSR count). The smallest absolute Gasteiger partial charge is 0.265 e. The lowest BCUT2D eigenvalue weighted by molar-refractivity contribution is -0.121. The summed E-state index contributed by atoms with van der Waals surface area (Å²) >= 11 is 0. The van der Waals surface area contributed by atoms with E-state index in [2.05, 4.69) is 44.8 Å². The standard InChI is InChI=1S/C21H32N4O2.HI/c1-6-22-19(25-15-20(2,3)21(25,4)5)23-12-9-13-24-16-10-7-8-11-17(16)27-14-18(24)26;/h7-8,10-11H,6,9,12-15H2,1-5H3,(H,22,23);1H. The van der Waals surface area contributed by atoms with Crippen molar-refractivity contribution in [2.24, 2.45) is 10.4 Å². The number of hydrogen-bond acceptors (Lipinski definition) is 3. The fourth-order valence-electron chi connectivity index (χ4n) is 3.61. The van der Waals surface area contributed by atoms with Crippen molar-refractivity contribution in [1.82, 2.24) is 10.2 Å². The second-order valence-electron chi connectivity index (χ2n) is 8.42. The van der Waals surface area contributed by atoms with Crippen molar-refractivity contribution >= 4 is 41.5 Å². The van der Waals surface area contributed by atoms with Crippen molar-refractivity contribution in [3.8, 4) is 5.75 Å². The van der Waals surface area contributed by atoms with Gasteiger partial charge in [-0.15, -0.1) is 24.0 Å². The summed E-state index contributed by atoms with van der Waals surface area (Å²) in [5.74, 6) is 1.75. The second kappa shape index (κ2) is 8.88. The van der Waals surface area contributed by atoms with Crippen LogP contribution in [0.15, 0.2) is 29.3 Å². The van der Waals surface area contributed by atoms with E-state index in [1.807, 2.05) is 29.2 Å². The number of ether oxygens (including phenoxy) is 1. The molecule has 2 aliphatic heterocycles. The fourth-order valence-corrected chi connectivity index (χ4v) is 3.61. The molecular weight excluding hydrogens is 467 g/mol. The van der Waals surface area contributed by atoms with Crippen LogP contribution in [0.3, 0.4) is 0 Å². The zero-order valence-electron chi connectivity index (χ0n) is 17.6. The lowest BCUT2D eigenvalue weighted by Crippen LogP contribution is -2.72. The molecule has 0 spiro atoms. The minimum absolute atomic E-state index is 0. The van der Waals surface area contributed by atoms with Crippen LogP contribution >= 0.6 is 24.0 Å². The number of rotatable bonds is 5. The summed E-state index contributed by atoms with van der Waals surface area (Å²) < 4.78 is 5.50. The van der Waals surface area contributed by atoms with Crippen LogP contribution in [0.5, 0.6) is 5.75 Å². The van der Waals surface area contributed by atoms with Crippen LogP contribution in [0.4, 0.5) is 5.69 Å². The van der Waals surface area contributed by atoms with Crippen molar-refractivity contribution < 1.29 is 9.53 Å². The fraction of sp³-hybridized carbons (Fsp3) is 0.619. The minimum Gasteiger partial charge on any atom is -0.482 e. The first-order chi connectivity index (χ1) is 12.8. The highest BCUT2D eigenvalue weighted by molar-refractivity contribution is 14.0. The number of carbonyl (C=O) groups excluding carboxylic acids is 1. The average molecular weight is 500 g/mol. The molecule has 0 atom stereocenters. The van der Waals surface area contributed by atoms with Gasteiger partial charge in [-0.3, -0.25) is 9.79 Å². The molecule has 2 aliphatic rings. The van der Waals surface area contributed by atoms with Crippen LogP contribution in [0, 0.1) is 5.41 Å². The quantitative estimate of drug-likeness (QED) is 0.291. The van der Waals surface area contributed by atoms with E-state index < -0.39 is 0 Å². The Balaban J connectivity index is 0.00000280. The molecule has 1 fully saturated rings. The molecule has 0 saturated carbocycles.